The zero-order chi connectivity index (χ0) is 15.4. The van der Waals surface area contributed by atoms with Crippen molar-refractivity contribution in [1.29, 1.82) is 0 Å². The molecule has 0 aliphatic rings. The van der Waals surface area contributed by atoms with Gasteiger partial charge in [-0.05, 0) is 12.5 Å². The number of hydrogen-bond donors (Lipinski definition) is 0. The van der Waals surface area contributed by atoms with E-state index in [9.17, 15) is 4.79 Å². The lowest BCUT2D eigenvalue weighted by Crippen LogP contribution is -2.05. The Bertz CT molecular complexity index is 763. The summed E-state index contributed by atoms with van der Waals surface area (Å²) in [5, 5.41) is 2.56. The zero-order valence-corrected chi connectivity index (χ0v) is 13.0. The highest BCUT2D eigenvalue weighted by atomic mass is 32.1. The lowest BCUT2D eigenvalue weighted by Gasteiger charge is -2.03. The molecule has 0 aliphatic heterocycles. The second-order valence-electron chi connectivity index (χ2n) is 4.97. The minimum absolute atomic E-state index is 0.261. The molecule has 0 amide bonds. The van der Waals surface area contributed by atoms with E-state index in [1.807, 2.05) is 61.5 Å². The molecule has 0 radical (unpaired) electrons. The fraction of sp³-hybridized carbons (Fsp3) is 0.111. The highest BCUT2D eigenvalue weighted by Crippen LogP contribution is 2.23. The summed E-state index contributed by atoms with van der Waals surface area (Å²) in [6, 6.07) is 17.7. The minimum atomic E-state index is -0.390. The number of ether oxygens (including phenoxy) is 1. The zero-order valence-electron chi connectivity index (χ0n) is 12.2. The van der Waals surface area contributed by atoms with E-state index >= 15 is 0 Å². The third-order valence-electron chi connectivity index (χ3n) is 3.22. The predicted octanol–water partition coefficient (Wildman–Crippen LogP) is 4.48. The number of hydrogen-bond acceptors (Lipinski definition) is 4. The van der Waals surface area contributed by atoms with E-state index < -0.39 is 0 Å². The first-order chi connectivity index (χ1) is 10.7. The molecule has 0 aliphatic carbocycles. The molecular formula is C18H15NO2S. The molecule has 3 rings (SSSR count). The number of nitrogens with zero attached hydrogens (tertiary/aromatic N) is 1. The van der Waals surface area contributed by atoms with Gasteiger partial charge in [0.1, 0.15) is 11.6 Å². The average molecular weight is 309 g/mol. The van der Waals surface area contributed by atoms with E-state index in [4.69, 9.17) is 4.74 Å². The molecule has 0 unspecified atom stereocenters. The summed E-state index contributed by atoms with van der Waals surface area (Å²) >= 11 is 1.44. The predicted molar refractivity (Wildman–Crippen MR) is 87.8 cm³/mol. The first-order valence-electron chi connectivity index (χ1n) is 6.96. The summed E-state index contributed by atoms with van der Waals surface area (Å²) in [4.78, 5) is 16.4. The molecule has 3 aromatic rings. The number of benzene rings is 2. The van der Waals surface area contributed by atoms with Crippen molar-refractivity contribution in [2.24, 2.45) is 0 Å². The second-order valence-corrected chi connectivity index (χ2v) is 5.82. The number of esters is 1. The van der Waals surface area contributed by atoms with E-state index in [1.165, 1.54) is 16.9 Å². The van der Waals surface area contributed by atoms with Gasteiger partial charge in [0.05, 0.1) is 0 Å². The van der Waals surface area contributed by atoms with E-state index in [0.717, 1.165) is 16.1 Å². The molecule has 1 heterocycles. The first-order valence-corrected chi connectivity index (χ1v) is 7.84. The standard InChI is InChI=1S/C18H15NO2S/c1-13-7-9-14(10-8-13)11-21-18(20)16-12-22-17(19-16)15-5-3-2-4-6-15/h2-10,12H,11H2,1H3. The van der Waals surface area contributed by atoms with Crippen LogP contribution in [0.1, 0.15) is 21.6 Å². The van der Waals surface area contributed by atoms with Crippen molar-refractivity contribution in [3.8, 4) is 10.6 Å². The third kappa shape index (κ3) is 3.40. The van der Waals surface area contributed by atoms with E-state index in [0.29, 0.717) is 5.69 Å². The summed E-state index contributed by atoms with van der Waals surface area (Å²) in [6.07, 6.45) is 0. The van der Waals surface area contributed by atoms with Crippen molar-refractivity contribution in [2.45, 2.75) is 13.5 Å². The monoisotopic (exact) mass is 309 g/mol. The normalized spacial score (nSPS) is 10.4. The van der Waals surface area contributed by atoms with Gasteiger partial charge < -0.3 is 4.74 Å². The van der Waals surface area contributed by atoms with Crippen LogP contribution < -0.4 is 0 Å². The highest BCUT2D eigenvalue weighted by Gasteiger charge is 2.13. The number of aromatic nitrogens is 1. The molecule has 4 heteroatoms. The molecule has 0 saturated carbocycles. The Morgan fingerprint density at radius 1 is 1.09 bits per heavy atom. The topological polar surface area (TPSA) is 39.2 Å². The highest BCUT2D eigenvalue weighted by molar-refractivity contribution is 7.13. The van der Waals surface area contributed by atoms with E-state index in [2.05, 4.69) is 4.98 Å². The van der Waals surface area contributed by atoms with Crippen LogP contribution >= 0.6 is 11.3 Å². The van der Waals surface area contributed by atoms with Gasteiger partial charge in [-0.2, -0.15) is 0 Å². The largest absolute Gasteiger partial charge is 0.456 e. The fourth-order valence-electron chi connectivity index (χ4n) is 1.99. The molecular weight excluding hydrogens is 294 g/mol. The van der Waals surface area contributed by atoms with Crippen molar-refractivity contribution in [2.75, 3.05) is 0 Å². The van der Waals surface area contributed by atoms with Crippen molar-refractivity contribution >= 4 is 17.3 Å². The van der Waals surface area contributed by atoms with Crippen LogP contribution in [0.5, 0.6) is 0 Å². The Labute approximate surface area is 133 Å². The number of thiazole rings is 1. The summed E-state index contributed by atoms with van der Waals surface area (Å²) < 4.78 is 5.31. The maximum Gasteiger partial charge on any atom is 0.358 e. The molecule has 1 aromatic heterocycles. The quantitative estimate of drug-likeness (QED) is 0.667. The van der Waals surface area contributed by atoms with Crippen LogP contribution in [0.15, 0.2) is 60.0 Å². The van der Waals surface area contributed by atoms with Gasteiger partial charge in [0.25, 0.3) is 0 Å². The van der Waals surface area contributed by atoms with E-state index in [-0.39, 0.29) is 12.6 Å². The Hall–Kier alpha value is -2.46. The smallest absolute Gasteiger partial charge is 0.358 e. The lowest BCUT2D eigenvalue weighted by atomic mass is 10.2. The van der Waals surface area contributed by atoms with Gasteiger partial charge >= 0.3 is 5.97 Å². The minimum Gasteiger partial charge on any atom is -0.456 e. The first kappa shape index (κ1) is 14.5. The SMILES string of the molecule is Cc1ccc(COC(=O)c2csc(-c3ccccc3)n2)cc1. The van der Waals surface area contributed by atoms with Gasteiger partial charge in [-0.15, -0.1) is 11.3 Å². The molecule has 0 bridgehead atoms. The average Bonchev–Trinajstić information content (AvgIpc) is 3.05. The van der Waals surface area contributed by atoms with Crippen molar-refractivity contribution in [3.05, 3.63) is 76.8 Å². The molecule has 3 nitrogen and oxygen atoms in total. The Balaban J connectivity index is 1.66. The summed E-state index contributed by atoms with van der Waals surface area (Å²) in [5.74, 6) is -0.390. The molecule has 22 heavy (non-hydrogen) atoms. The van der Waals surface area contributed by atoms with Crippen LogP contribution in [0.4, 0.5) is 0 Å². The van der Waals surface area contributed by atoms with Crippen molar-refractivity contribution in [1.82, 2.24) is 4.98 Å². The van der Waals surface area contributed by atoms with Crippen molar-refractivity contribution < 1.29 is 9.53 Å². The third-order valence-corrected chi connectivity index (χ3v) is 4.12. The van der Waals surface area contributed by atoms with Crippen LogP contribution in [0.25, 0.3) is 10.6 Å². The summed E-state index contributed by atoms with van der Waals surface area (Å²) in [6.45, 7) is 2.29. The van der Waals surface area contributed by atoms with Gasteiger partial charge in [-0.25, -0.2) is 9.78 Å². The number of aryl methyl sites for hydroxylation is 1. The Morgan fingerprint density at radius 3 is 2.55 bits per heavy atom. The van der Waals surface area contributed by atoms with Crippen LogP contribution in [-0.2, 0) is 11.3 Å². The van der Waals surface area contributed by atoms with Crippen LogP contribution in [0.2, 0.25) is 0 Å². The molecule has 0 N–H and O–H groups in total. The molecule has 0 atom stereocenters. The van der Waals surface area contributed by atoms with Crippen molar-refractivity contribution in [3.63, 3.8) is 0 Å². The molecule has 110 valence electrons. The summed E-state index contributed by atoms with van der Waals surface area (Å²) in [5.41, 5.74) is 3.51. The van der Waals surface area contributed by atoms with Gasteiger partial charge in [0.15, 0.2) is 5.69 Å². The lowest BCUT2D eigenvalue weighted by molar-refractivity contribution is 0.0467. The van der Waals surface area contributed by atoms with Crippen LogP contribution in [-0.4, -0.2) is 11.0 Å². The second kappa shape index (κ2) is 6.54. The Morgan fingerprint density at radius 2 is 1.82 bits per heavy atom. The number of carbonyl (C=O) groups excluding carboxylic acids is 1. The molecule has 0 saturated heterocycles. The fourth-order valence-corrected chi connectivity index (χ4v) is 2.78. The van der Waals surface area contributed by atoms with Crippen LogP contribution in [0.3, 0.4) is 0 Å². The summed E-state index contributed by atoms with van der Waals surface area (Å²) in [7, 11) is 0. The molecule has 2 aromatic carbocycles. The van der Waals surface area contributed by atoms with Crippen LogP contribution in [0, 0.1) is 6.92 Å². The van der Waals surface area contributed by atoms with Gasteiger partial charge in [-0.3, -0.25) is 0 Å². The molecule has 0 fully saturated rings. The number of carbonyl (C=O) groups is 1. The van der Waals surface area contributed by atoms with Gasteiger partial charge in [-0.1, -0.05) is 60.2 Å². The van der Waals surface area contributed by atoms with Gasteiger partial charge in [0.2, 0.25) is 0 Å². The maximum atomic E-state index is 12.1. The van der Waals surface area contributed by atoms with E-state index in [1.54, 1.807) is 5.38 Å². The van der Waals surface area contributed by atoms with Gasteiger partial charge in [0, 0.05) is 10.9 Å². The maximum absolute atomic E-state index is 12.1. The molecule has 0 spiro atoms. The number of rotatable bonds is 4. The Kier molecular flexibility index (Phi) is 4.30.